The van der Waals surface area contributed by atoms with Crippen molar-refractivity contribution >= 4 is 35.3 Å². The molecule has 3 atom stereocenters. The Kier molecular flexibility index (Phi) is 27.1. The first-order chi connectivity index (χ1) is 12.4. The van der Waals surface area contributed by atoms with Gasteiger partial charge in [0.15, 0.2) is 0 Å². The molecule has 0 aromatic carbocycles. The third-order valence-electron chi connectivity index (χ3n) is 2.94. The van der Waals surface area contributed by atoms with Gasteiger partial charge in [0.2, 0.25) is 0 Å². The number of carboxylic acids is 3. The van der Waals surface area contributed by atoms with Gasteiger partial charge in [-0.2, -0.15) is 0 Å². The van der Waals surface area contributed by atoms with E-state index in [1.165, 1.54) is 41.5 Å². The molecule has 0 saturated carbocycles. The molecule has 0 aromatic rings. The van der Waals surface area contributed by atoms with Crippen molar-refractivity contribution < 1.29 is 70.9 Å². The Labute approximate surface area is 185 Å². The average molecular weight is 456 g/mol. The quantitative estimate of drug-likeness (QED) is 0.335. The molecule has 0 aliphatic heterocycles. The number of hydrogen-bond acceptors (Lipinski definition) is 7. The number of carbonyl (C=O) groups is 6. The monoisotopic (exact) mass is 456 g/mol. The van der Waals surface area contributed by atoms with E-state index in [4.69, 9.17) is 20.4 Å². The van der Waals surface area contributed by atoms with Crippen LogP contribution in [-0.4, -0.2) is 61.8 Å². The molecule has 0 aliphatic carbocycles. The summed E-state index contributed by atoms with van der Waals surface area (Å²) in [5, 5.41) is 32.5. The van der Waals surface area contributed by atoms with Gasteiger partial charge in [0.05, 0.1) is 0 Å². The molecule has 0 saturated heterocycles. The molecular formula is C18H32O10Ti. The summed E-state index contributed by atoms with van der Waals surface area (Å²) in [5.41, 5.74) is 0. The smallest absolute Gasteiger partial charge is 0.313 e. The second-order valence-electron chi connectivity index (χ2n) is 6.11. The predicted octanol–water partition coefficient (Wildman–Crippen LogP) is 1.27. The van der Waals surface area contributed by atoms with Crippen LogP contribution in [0.3, 0.4) is 0 Å². The van der Waals surface area contributed by atoms with Crippen LogP contribution in [-0.2, 0) is 50.5 Å². The Morgan fingerprint density at radius 3 is 0.621 bits per heavy atom. The number of hydrogen-bond donors (Lipinski definition) is 4. The van der Waals surface area contributed by atoms with Gasteiger partial charge in [-0.25, -0.2) is 0 Å². The number of aliphatic hydroxyl groups is 1. The zero-order chi connectivity index (χ0) is 23.8. The fourth-order valence-electron chi connectivity index (χ4n) is 0.522. The van der Waals surface area contributed by atoms with E-state index in [0.29, 0.717) is 0 Å². The summed E-state index contributed by atoms with van der Waals surface area (Å²) in [5.74, 6) is -6.65. The molecule has 0 bridgehead atoms. The number of ketones is 3. The van der Waals surface area contributed by atoms with Crippen LogP contribution in [0.5, 0.6) is 0 Å². The zero-order valence-corrected chi connectivity index (χ0v) is 19.6. The van der Waals surface area contributed by atoms with E-state index in [2.05, 4.69) is 0 Å². The molecule has 11 heteroatoms. The molecule has 0 heterocycles. The SMILES string of the molecule is CC(=O)C(C)C(=O)O.CC(=O)C(C)C(=O)O.CC(=O)C(C)C(=O)O.CC(C)O.[Ti]. The first kappa shape index (κ1) is 37.8. The Morgan fingerprint density at radius 1 is 0.517 bits per heavy atom. The molecule has 0 amide bonds. The molecule has 168 valence electrons. The van der Waals surface area contributed by atoms with Gasteiger partial charge in [0.25, 0.3) is 0 Å². The molecule has 0 aromatic heterocycles. The topological polar surface area (TPSA) is 183 Å². The van der Waals surface area contributed by atoms with Crippen molar-refractivity contribution in [3.05, 3.63) is 0 Å². The summed E-state index contributed by atoms with van der Waals surface area (Å²) < 4.78 is 0. The Bertz CT molecular complexity index is 427. The molecule has 0 aliphatic rings. The van der Waals surface area contributed by atoms with Crippen molar-refractivity contribution in [1.29, 1.82) is 0 Å². The van der Waals surface area contributed by atoms with E-state index in [-0.39, 0.29) is 45.2 Å². The van der Waals surface area contributed by atoms with Crippen LogP contribution in [0, 0.1) is 17.8 Å². The minimum Gasteiger partial charge on any atom is -0.481 e. The molecule has 0 spiro atoms. The molecule has 3 unspecified atom stereocenters. The number of Topliss-reactive ketones (excluding diaryl/α,β-unsaturated/α-hetero) is 3. The predicted molar refractivity (Wildman–Crippen MR) is 99.8 cm³/mol. The van der Waals surface area contributed by atoms with Crippen LogP contribution in [0.4, 0.5) is 0 Å². The summed E-state index contributed by atoms with van der Waals surface area (Å²) in [6.07, 6.45) is -0.167. The summed E-state index contributed by atoms with van der Waals surface area (Å²) in [6, 6.07) is 0. The van der Waals surface area contributed by atoms with Crippen LogP contribution >= 0.6 is 0 Å². The van der Waals surface area contributed by atoms with Crippen molar-refractivity contribution in [1.82, 2.24) is 0 Å². The summed E-state index contributed by atoms with van der Waals surface area (Å²) >= 11 is 0. The van der Waals surface area contributed by atoms with Gasteiger partial charge < -0.3 is 20.4 Å². The van der Waals surface area contributed by atoms with Gasteiger partial charge in [0.1, 0.15) is 35.1 Å². The number of carboxylic acid groups (broad SMARTS) is 3. The van der Waals surface area contributed by atoms with Crippen LogP contribution in [0.2, 0.25) is 0 Å². The number of rotatable bonds is 6. The third-order valence-corrected chi connectivity index (χ3v) is 2.94. The Morgan fingerprint density at radius 2 is 0.621 bits per heavy atom. The van der Waals surface area contributed by atoms with E-state index in [9.17, 15) is 28.8 Å². The Hall–Kier alpha value is -1.91. The van der Waals surface area contributed by atoms with Crippen molar-refractivity contribution in [2.75, 3.05) is 0 Å². The molecule has 10 nitrogen and oxygen atoms in total. The minimum absolute atomic E-state index is 0. The molecule has 0 rings (SSSR count). The zero-order valence-electron chi connectivity index (χ0n) is 18.0. The van der Waals surface area contributed by atoms with Gasteiger partial charge >= 0.3 is 17.9 Å². The molecule has 4 N–H and O–H groups in total. The number of aliphatic hydroxyl groups excluding tert-OH is 1. The van der Waals surface area contributed by atoms with Crippen molar-refractivity contribution in [3.63, 3.8) is 0 Å². The largest absolute Gasteiger partial charge is 0.481 e. The first-order valence-corrected chi connectivity index (χ1v) is 8.27. The molecular weight excluding hydrogens is 424 g/mol. The minimum atomic E-state index is -1.06. The van der Waals surface area contributed by atoms with Gasteiger partial charge in [0, 0.05) is 27.8 Å². The van der Waals surface area contributed by atoms with Crippen LogP contribution < -0.4 is 0 Å². The fourth-order valence-corrected chi connectivity index (χ4v) is 0.522. The number of aliphatic carboxylic acids is 3. The van der Waals surface area contributed by atoms with Gasteiger partial charge in [-0.3, -0.25) is 28.8 Å². The maximum atomic E-state index is 10.2. The van der Waals surface area contributed by atoms with Crippen LogP contribution in [0.1, 0.15) is 55.4 Å². The summed E-state index contributed by atoms with van der Waals surface area (Å²) in [7, 11) is 0. The van der Waals surface area contributed by atoms with Crippen molar-refractivity contribution in [2.45, 2.75) is 61.5 Å². The maximum Gasteiger partial charge on any atom is 0.313 e. The molecule has 0 radical (unpaired) electrons. The van der Waals surface area contributed by atoms with Gasteiger partial charge in [-0.15, -0.1) is 0 Å². The van der Waals surface area contributed by atoms with E-state index in [0.717, 1.165) is 0 Å². The fraction of sp³-hybridized carbons (Fsp3) is 0.667. The standard InChI is InChI=1S/3C5H8O3.C3H8O.Ti/c3*1-3(4(2)6)5(7)8;1-3(2)4;/h3*3H,1-2H3,(H,7,8);3-4H,1-2H3;. The van der Waals surface area contributed by atoms with Crippen molar-refractivity contribution in [2.24, 2.45) is 17.8 Å². The van der Waals surface area contributed by atoms with Crippen molar-refractivity contribution in [3.8, 4) is 0 Å². The van der Waals surface area contributed by atoms with E-state index in [1.807, 2.05) is 0 Å². The van der Waals surface area contributed by atoms with E-state index in [1.54, 1.807) is 13.8 Å². The maximum absolute atomic E-state index is 10.2. The second kappa shape index (κ2) is 20.8. The summed E-state index contributed by atoms with van der Waals surface area (Å²) in [4.78, 5) is 60.4. The second-order valence-corrected chi connectivity index (χ2v) is 6.11. The van der Waals surface area contributed by atoms with Gasteiger partial charge in [-0.05, 0) is 55.4 Å². The van der Waals surface area contributed by atoms with E-state index >= 15 is 0 Å². The van der Waals surface area contributed by atoms with E-state index < -0.39 is 35.7 Å². The number of carbonyl (C=O) groups excluding carboxylic acids is 3. The van der Waals surface area contributed by atoms with Crippen LogP contribution in [0.15, 0.2) is 0 Å². The Balaban J connectivity index is -0.0000000896. The normalized spacial score (nSPS) is 11.8. The van der Waals surface area contributed by atoms with Gasteiger partial charge in [-0.1, -0.05) is 0 Å². The van der Waals surface area contributed by atoms with Crippen LogP contribution in [0.25, 0.3) is 0 Å². The first-order valence-electron chi connectivity index (χ1n) is 8.27. The average Bonchev–Trinajstić information content (AvgIpc) is 2.52. The molecule has 0 fully saturated rings. The third kappa shape index (κ3) is 31.0. The molecule has 29 heavy (non-hydrogen) atoms. The summed E-state index contributed by atoms with van der Waals surface area (Å²) in [6.45, 7) is 11.3.